The molecule has 0 saturated heterocycles. The molecule has 1 saturated carbocycles. The zero-order valence-electron chi connectivity index (χ0n) is 24.8. The zero-order valence-corrected chi connectivity index (χ0v) is 24.8. The molecule has 5 rings (SSSR count). The molecule has 2 aromatic rings. The summed E-state index contributed by atoms with van der Waals surface area (Å²) in [4.78, 5) is 46.0. The Morgan fingerprint density at radius 3 is 2.56 bits per heavy atom. The molecule has 1 aromatic heterocycles. The lowest BCUT2D eigenvalue weighted by Gasteiger charge is -2.42. The van der Waals surface area contributed by atoms with Gasteiger partial charge in [-0.15, -0.1) is 0 Å². The number of amides is 2. The Morgan fingerprint density at radius 1 is 1.15 bits per heavy atom. The van der Waals surface area contributed by atoms with Crippen LogP contribution < -0.4 is 10.1 Å². The van der Waals surface area contributed by atoms with E-state index in [9.17, 15) is 14.4 Å². The van der Waals surface area contributed by atoms with Crippen molar-refractivity contribution in [3.63, 3.8) is 0 Å². The van der Waals surface area contributed by atoms with E-state index >= 15 is 4.39 Å². The van der Waals surface area contributed by atoms with Crippen molar-refractivity contribution in [2.24, 2.45) is 11.8 Å². The minimum atomic E-state index is -0.915. The minimum absolute atomic E-state index is 0.0766. The van der Waals surface area contributed by atoms with E-state index in [2.05, 4.69) is 10.3 Å². The van der Waals surface area contributed by atoms with Gasteiger partial charge in [-0.25, -0.2) is 9.37 Å². The van der Waals surface area contributed by atoms with Gasteiger partial charge in [-0.05, 0) is 87.1 Å². The van der Waals surface area contributed by atoms with Gasteiger partial charge in [0.25, 0.3) is 5.91 Å². The van der Waals surface area contributed by atoms with Crippen LogP contribution in [0.15, 0.2) is 24.3 Å². The lowest BCUT2D eigenvalue weighted by molar-refractivity contribution is -0.159. The summed E-state index contributed by atoms with van der Waals surface area (Å²) in [5.74, 6) is -0.869. The number of nitrogens with zero attached hydrogens (tertiary/aromatic N) is 2. The van der Waals surface area contributed by atoms with Crippen LogP contribution in [0.4, 0.5) is 10.1 Å². The maximum Gasteiger partial charge on any atom is 0.306 e. The summed E-state index contributed by atoms with van der Waals surface area (Å²) in [6, 6.07) is 5.77. The predicted molar refractivity (Wildman–Crippen MR) is 152 cm³/mol. The quantitative estimate of drug-likeness (QED) is 0.479. The number of aromatic nitrogens is 1. The number of methoxy groups -OCH3 is 1. The summed E-state index contributed by atoms with van der Waals surface area (Å²) in [5.41, 5.74) is 2.53. The van der Waals surface area contributed by atoms with Gasteiger partial charge >= 0.3 is 5.97 Å². The number of nitrogens with one attached hydrogen (secondary N) is 1. The molecule has 8 nitrogen and oxygen atoms in total. The molecule has 220 valence electrons. The van der Waals surface area contributed by atoms with E-state index in [0.29, 0.717) is 54.2 Å². The SMILES string of the molecule is COc1ccc2c(n1)CCN(C(=O)[C@H]1C[C@@H](CC(=O)OC(C)(C)C)C1)[C@H]2C(=O)Nc1cc(F)c2c(c1)CCC2(C)C. The van der Waals surface area contributed by atoms with E-state index in [1.165, 1.54) is 13.2 Å². The van der Waals surface area contributed by atoms with Gasteiger partial charge in [0.15, 0.2) is 0 Å². The molecule has 9 heteroatoms. The van der Waals surface area contributed by atoms with Crippen molar-refractivity contribution in [2.45, 2.75) is 90.2 Å². The minimum Gasteiger partial charge on any atom is -0.481 e. The molecular formula is C32H40FN3O5. The Labute approximate surface area is 241 Å². The zero-order chi connectivity index (χ0) is 29.7. The molecule has 1 aromatic carbocycles. The monoisotopic (exact) mass is 565 g/mol. The van der Waals surface area contributed by atoms with Gasteiger partial charge in [0.1, 0.15) is 17.5 Å². The van der Waals surface area contributed by atoms with Crippen molar-refractivity contribution in [3.8, 4) is 5.88 Å². The van der Waals surface area contributed by atoms with Crippen molar-refractivity contribution in [3.05, 3.63) is 52.5 Å². The van der Waals surface area contributed by atoms with Crippen LogP contribution in [0.25, 0.3) is 0 Å². The number of hydrogen-bond donors (Lipinski definition) is 1. The number of halogens is 1. The van der Waals surface area contributed by atoms with Gasteiger partial charge in [0, 0.05) is 42.6 Å². The first-order chi connectivity index (χ1) is 19.3. The fourth-order valence-corrected chi connectivity index (χ4v) is 6.53. The van der Waals surface area contributed by atoms with Gasteiger partial charge in [0.2, 0.25) is 11.8 Å². The molecule has 1 N–H and O–H groups in total. The smallest absolute Gasteiger partial charge is 0.306 e. The molecule has 0 radical (unpaired) electrons. The Hall–Kier alpha value is -3.49. The molecule has 2 aliphatic carbocycles. The third kappa shape index (κ3) is 5.95. The Kier molecular flexibility index (Phi) is 7.59. The molecule has 41 heavy (non-hydrogen) atoms. The third-order valence-corrected chi connectivity index (χ3v) is 8.52. The Bertz CT molecular complexity index is 1380. The van der Waals surface area contributed by atoms with Crippen LogP contribution >= 0.6 is 0 Å². The van der Waals surface area contributed by atoms with E-state index in [-0.39, 0.29) is 41.4 Å². The van der Waals surface area contributed by atoms with Gasteiger partial charge in [-0.3, -0.25) is 14.4 Å². The average Bonchev–Trinajstić information content (AvgIpc) is 3.17. The first-order valence-corrected chi connectivity index (χ1v) is 14.5. The number of fused-ring (bicyclic) bond motifs is 2. The number of aryl methyl sites for hydroxylation is 1. The maximum atomic E-state index is 15.2. The van der Waals surface area contributed by atoms with Crippen molar-refractivity contribution >= 4 is 23.5 Å². The van der Waals surface area contributed by atoms with Crippen LogP contribution in [0.5, 0.6) is 5.88 Å². The summed E-state index contributed by atoms with van der Waals surface area (Å²) in [6.07, 6.45) is 3.50. The lowest BCUT2D eigenvalue weighted by Crippen LogP contribution is -2.50. The summed E-state index contributed by atoms with van der Waals surface area (Å²) in [5, 5.41) is 2.90. The molecule has 0 unspecified atom stereocenters. The average molecular weight is 566 g/mol. The lowest BCUT2D eigenvalue weighted by atomic mass is 9.72. The number of carbonyl (C=O) groups is 3. The fourth-order valence-electron chi connectivity index (χ4n) is 6.53. The summed E-state index contributed by atoms with van der Waals surface area (Å²) in [7, 11) is 1.53. The van der Waals surface area contributed by atoms with Crippen LogP contribution in [0.1, 0.15) is 88.7 Å². The number of pyridine rings is 1. The molecule has 3 aliphatic rings. The second kappa shape index (κ2) is 10.7. The highest BCUT2D eigenvalue weighted by molar-refractivity contribution is 5.99. The predicted octanol–water partition coefficient (Wildman–Crippen LogP) is 5.28. The topological polar surface area (TPSA) is 97.8 Å². The fraction of sp³-hybridized carbons (Fsp3) is 0.562. The molecule has 1 aliphatic heterocycles. The number of carbonyl (C=O) groups excluding carboxylic acids is 3. The number of rotatable bonds is 6. The molecule has 0 bridgehead atoms. The Morgan fingerprint density at radius 2 is 1.88 bits per heavy atom. The molecule has 0 spiro atoms. The van der Waals surface area contributed by atoms with Crippen molar-refractivity contribution < 1.29 is 28.2 Å². The van der Waals surface area contributed by atoms with E-state index in [1.807, 2.05) is 40.7 Å². The van der Waals surface area contributed by atoms with Gasteiger partial charge in [-0.1, -0.05) is 13.8 Å². The van der Waals surface area contributed by atoms with E-state index < -0.39 is 17.6 Å². The van der Waals surface area contributed by atoms with Crippen LogP contribution in [-0.2, 0) is 37.4 Å². The van der Waals surface area contributed by atoms with Crippen LogP contribution in [0, 0.1) is 17.7 Å². The molecule has 2 amide bonds. The number of benzene rings is 1. The van der Waals surface area contributed by atoms with Gasteiger partial charge in [0.05, 0.1) is 12.8 Å². The second-order valence-electron chi connectivity index (χ2n) is 13.3. The summed E-state index contributed by atoms with van der Waals surface area (Å²) >= 11 is 0. The summed E-state index contributed by atoms with van der Waals surface area (Å²) < 4.78 is 25.9. The first kappa shape index (κ1) is 29.0. The van der Waals surface area contributed by atoms with Crippen molar-refractivity contribution in [1.29, 1.82) is 0 Å². The highest BCUT2D eigenvalue weighted by Crippen LogP contribution is 2.43. The van der Waals surface area contributed by atoms with Crippen LogP contribution in [-0.4, -0.2) is 46.9 Å². The Balaban J connectivity index is 1.35. The van der Waals surface area contributed by atoms with E-state index in [0.717, 1.165) is 18.4 Å². The molecule has 1 fully saturated rings. The molecule has 1 atom stereocenters. The third-order valence-electron chi connectivity index (χ3n) is 8.52. The maximum absolute atomic E-state index is 15.2. The molecule has 2 heterocycles. The van der Waals surface area contributed by atoms with Crippen LogP contribution in [0.2, 0.25) is 0 Å². The normalized spacial score (nSPS) is 22.7. The second-order valence-corrected chi connectivity index (χ2v) is 13.3. The largest absolute Gasteiger partial charge is 0.481 e. The number of anilines is 1. The van der Waals surface area contributed by atoms with E-state index in [4.69, 9.17) is 9.47 Å². The highest BCUT2D eigenvalue weighted by atomic mass is 19.1. The first-order valence-electron chi connectivity index (χ1n) is 14.5. The van der Waals surface area contributed by atoms with Crippen molar-refractivity contribution in [2.75, 3.05) is 19.0 Å². The highest BCUT2D eigenvalue weighted by Gasteiger charge is 2.44. The number of hydrogen-bond acceptors (Lipinski definition) is 6. The number of ether oxygens (including phenoxy) is 2. The number of esters is 1. The van der Waals surface area contributed by atoms with Gasteiger partial charge in [-0.2, -0.15) is 0 Å². The van der Waals surface area contributed by atoms with Gasteiger partial charge < -0.3 is 19.7 Å². The van der Waals surface area contributed by atoms with Crippen LogP contribution in [0.3, 0.4) is 0 Å². The summed E-state index contributed by atoms with van der Waals surface area (Å²) in [6.45, 7) is 9.88. The van der Waals surface area contributed by atoms with Crippen molar-refractivity contribution in [1.82, 2.24) is 9.88 Å². The van der Waals surface area contributed by atoms with E-state index in [1.54, 1.807) is 17.0 Å². The molecular weight excluding hydrogens is 525 g/mol. The standard InChI is InChI=1S/C32H40FN3O5/c1-31(2,3)41-26(37)15-18-13-20(14-18)30(39)36-12-10-24-22(7-8-25(35-24)40-6)28(36)29(38)34-21-16-19-9-11-32(4,5)27(19)23(33)17-21/h7-8,16-18,20,28H,9-15H2,1-6H3,(H,34,38)/t18-,20+,28-/m1/s1.